The fourth-order valence-electron chi connectivity index (χ4n) is 2.02. The van der Waals surface area contributed by atoms with E-state index < -0.39 is 0 Å². The number of nitrogens with zero attached hydrogens (tertiary/aromatic N) is 3. The summed E-state index contributed by atoms with van der Waals surface area (Å²) in [4.78, 5) is 18.6. The van der Waals surface area contributed by atoms with Crippen LogP contribution >= 0.6 is 11.6 Å². The van der Waals surface area contributed by atoms with Crippen LogP contribution < -0.4 is 0 Å². The summed E-state index contributed by atoms with van der Waals surface area (Å²) < 4.78 is 0. The van der Waals surface area contributed by atoms with Crippen molar-refractivity contribution in [3.63, 3.8) is 0 Å². The summed E-state index contributed by atoms with van der Waals surface area (Å²) in [7, 11) is 0. The van der Waals surface area contributed by atoms with Gasteiger partial charge in [0.25, 0.3) is 5.91 Å². The minimum Gasteiger partial charge on any atom is -0.337 e. The van der Waals surface area contributed by atoms with Gasteiger partial charge in [-0.1, -0.05) is 39.3 Å². The van der Waals surface area contributed by atoms with Crippen LogP contribution in [-0.2, 0) is 0 Å². The lowest BCUT2D eigenvalue weighted by molar-refractivity contribution is 0.0739. The summed E-state index contributed by atoms with van der Waals surface area (Å²) in [6.07, 6.45) is 0.328. The maximum Gasteiger partial charge on any atom is 0.254 e. The Morgan fingerprint density at radius 2 is 2.05 bits per heavy atom. The molecule has 0 saturated heterocycles. The monoisotopic (exact) mass is 307 g/mol. The molecule has 0 fully saturated rings. The van der Waals surface area contributed by atoms with E-state index in [1.807, 2.05) is 27.7 Å². The number of hydrogen-bond donors (Lipinski definition) is 0. The lowest BCUT2D eigenvalue weighted by atomic mass is 10.1. The summed E-state index contributed by atoms with van der Waals surface area (Å²) >= 11 is 6.02. The number of hydrogen-bond acceptors (Lipinski definition) is 3. The maximum atomic E-state index is 12.6. The molecule has 1 aromatic heterocycles. The third-order valence-electron chi connectivity index (χ3n) is 3.02. The smallest absolute Gasteiger partial charge is 0.254 e. The van der Waals surface area contributed by atoms with Crippen molar-refractivity contribution in [3.8, 4) is 6.07 Å². The fourth-order valence-corrected chi connectivity index (χ4v) is 2.24. The van der Waals surface area contributed by atoms with Crippen molar-refractivity contribution >= 4 is 17.5 Å². The van der Waals surface area contributed by atoms with E-state index in [2.05, 4.69) is 11.1 Å². The van der Waals surface area contributed by atoms with Gasteiger partial charge in [0, 0.05) is 24.3 Å². The second kappa shape index (κ2) is 7.99. The standard InChI is InChI=1S/C16H22ClN3O/c1-11(2)10-20(7-5-6-18)16(21)13-8-14(12(3)4)19-15(17)9-13/h8-9,11-12H,5,7,10H2,1-4H3. The Labute approximate surface area is 131 Å². The molecule has 21 heavy (non-hydrogen) atoms. The topological polar surface area (TPSA) is 57.0 Å². The normalized spacial score (nSPS) is 10.8. The summed E-state index contributed by atoms with van der Waals surface area (Å²) in [5.41, 5.74) is 1.34. The lowest BCUT2D eigenvalue weighted by Gasteiger charge is -2.24. The molecule has 0 saturated carbocycles. The van der Waals surface area contributed by atoms with Crippen LogP contribution in [0.3, 0.4) is 0 Å². The van der Waals surface area contributed by atoms with E-state index in [4.69, 9.17) is 16.9 Å². The van der Waals surface area contributed by atoms with Crippen LogP contribution in [0.2, 0.25) is 5.15 Å². The number of pyridine rings is 1. The molecule has 0 aliphatic heterocycles. The van der Waals surface area contributed by atoms with Gasteiger partial charge < -0.3 is 4.90 Å². The van der Waals surface area contributed by atoms with E-state index >= 15 is 0 Å². The number of nitriles is 1. The van der Waals surface area contributed by atoms with Crippen molar-refractivity contribution in [3.05, 3.63) is 28.5 Å². The molecule has 1 heterocycles. The highest BCUT2D eigenvalue weighted by molar-refractivity contribution is 6.29. The van der Waals surface area contributed by atoms with E-state index in [1.165, 1.54) is 0 Å². The minimum atomic E-state index is -0.0925. The van der Waals surface area contributed by atoms with E-state index in [9.17, 15) is 4.79 Å². The van der Waals surface area contributed by atoms with Crippen molar-refractivity contribution in [1.29, 1.82) is 5.26 Å². The Hall–Kier alpha value is -1.60. The van der Waals surface area contributed by atoms with Gasteiger partial charge in [-0.05, 0) is 24.0 Å². The van der Waals surface area contributed by atoms with Crippen molar-refractivity contribution in [2.45, 2.75) is 40.0 Å². The number of amides is 1. The zero-order valence-corrected chi connectivity index (χ0v) is 13.8. The van der Waals surface area contributed by atoms with Gasteiger partial charge in [0.2, 0.25) is 0 Å². The predicted molar refractivity (Wildman–Crippen MR) is 84.3 cm³/mol. The van der Waals surface area contributed by atoms with E-state index in [0.717, 1.165) is 5.69 Å². The first-order valence-corrected chi connectivity index (χ1v) is 7.56. The van der Waals surface area contributed by atoms with Crippen LogP contribution in [0.15, 0.2) is 12.1 Å². The Bertz CT molecular complexity index is 535. The maximum absolute atomic E-state index is 12.6. The summed E-state index contributed by atoms with van der Waals surface area (Å²) in [6, 6.07) is 5.47. The van der Waals surface area contributed by atoms with Gasteiger partial charge in [-0.2, -0.15) is 5.26 Å². The molecule has 0 unspecified atom stereocenters. The van der Waals surface area contributed by atoms with E-state index in [0.29, 0.717) is 36.1 Å². The SMILES string of the molecule is CC(C)CN(CCC#N)C(=O)c1cc(Cl)nc(C(C)C)c1. The van der Waals surface area contributed by atoms with Crippen LogP contribution in [-0.4, -0.2) is 28.9 Å². The average Bonchev–Trinajstić information content (AvgIpc) is 2.41. The van der Waals surface area contributed by atoms with Crippen LogP contribution in [0, 0.1) is 17.2 Å². The Balaban J connectivity index is 3.05. The molecule has 0 atom stereocenters. The molecule has 0 radical (unpaired) electrons. The Kier molecular flexibility index (Phi) is 6.64. The molecular formula is C16H22ClN3O. The number of rotatable bonds is 6. The van der Waals surface area contributed by atoms with Gasteiger partial charge in [-0.25, -0.2) is 4.98 Å². The third kappa shape index (κ3) is 5.35. The third-order valence-corrected chi connectivity index (χ3v) is 3.21. The molecule has 1 aromatic rings. The van der Waals surface area contributed by atoms with Gasteiger partial charge in [0.05, 0.1) is 12.5 Å². The van der Waals surface area contributed by atoms with Gasteiger partial charge in [0.15, 0.2) is 0 Å². The zero-order valence-electron chi connectivity index (χ0n) is 13.1. The van der Waals surface area contributed by atoms with Gasteiger partial charge in [-0.15, -0.1) is 0 Å². The number of carbonyl (C=O) groups is 1. The summed E-state index contributed by atoms with van der Waals surface area (Å²) in [6.45, 7) is 9.17. The molecule has 5 heteroatoms. The van der Waals surface area contributed by atoms with Crippen LogP contribution in [0.5, 0.6) is 0 Å². The van der Waals surface area contributed by atoms with Crippen molar-refractivity contribution < 1.29 is 4.79 Å². The molecule has 4 nitrogen and oxygen atoms in total. The highest BCUT2D eigenvalue weighted by atomic mass is 35.5. The first kappa shape index (κ1) is 17.5. The van der Waals surface area contributed by atoms with E-state index in [-0.39, 0.29) is 11.8 Å². The van der Waals surface area contributed by atoms with E-state index in [1.54, 1.807) is 17.0 Å². The number of halogens is 1. The molecule has 1 rings (SSSR count). The average molecular weight is 308 g/mol. The molecule has 0 bridgehead atoms. The van der Waals surface area contributed by atoms with Crippen LogP contribution in [0.1, 0.15) is 56.1 Å². The zero-order chi connectivity index (χ0) is 16.0. The Morgan fingerprint density at radius 3 is 2.57 bits per heavy atom. The van der Waals surface area contributed by atoms with Gasteiger partial charge in [0.1, 0.15) is 5.15 Å². The molecular weight excluding hydrogens is 286 g/mol. The molecule has 0 aliphatic carbocycles. The second-order valence-electron chi connectivity index (χ2n) is 5.81. The molecule has 0 spiro atoms. The van der Waals surface area contributed by atoms with Crippen LogP contribution in [0.25, 0.3) is 0 Å². The first-order valence-electron chi connectivity index (χ1n) is 7.18. The summed E-state index contributed by atoms with van der Waals surface area (Å²) in [5, 5.41) is 9.07. The predicted octanol–water partition coefficient (Wildman–Crippen LogP) is 3.87. The van der Waals surface area contributed by atoms with Crippen molar-refractivity contribution in [2.24, 2.45) is 5.92 Å². The number of aromatic nitrogens is 1. The van der Waals surface area contributed by atoms with Crippen molar-refractivity contribution in [1.82, 2.24) is 9.88 Å². The quantitative estimate of drug-likeness (QED) is 0.750. The highest BCUT2D eigenvalue weighted by Gasteiger charge is 2.18. The fraction of sp³-hybridized carbons (Fsp3) is 0.562. The molecule has 0 N–H and O–H groups in total. The van der Waals surface area contributed by atoms with Gasteiger partial charge in [-0.3, -0.25) is 4.79 Å². The summed E-state index contributed by atoms with van der Waals surface area (Å²) in [5.74, 6) is 0.451. The number of carbonyl (C=O) groups excluding carboxylic acids is 1. The van der Waals surface area contributed by atoms with Gasteiger partial charge >= 0.3 is 0 Å². The largest absolute Gasteiger partial charge is 0.337 e. The second-order valence-corrected chi connectivity index (χ2v) is 6.20. The molecule has 0 aliphatic rings. The molecule has 1 amide bonds. The lowest BCUT2D eigenvalue weighted by Crippen LogP contribution is -2.35. The van der Waals surface area contributed by atoms with Crippen molar-refractivity contribution in [2.75, 3.05) is 13.1 Å². The molecule has 114 valence electrons. The first-order chi connectivity index (χ1) is 9.85. The Morgan fingerprint density at radius 1 is 1.38 bits per heavy atom. The highest BCUT2D eigenvalue weighted by Crippen LogP contribution is 2.19. The minimum absolute atomic E-state index is 0.0925. The van der Waals surface area contributed by atoms with Crippen LogP contribution in [0.4, 0.5) is 0 Å². The molecule has 0 aromatic carbocycles.